The lowest BCUT2D eigenvalue weighted by Gasteiger charge is -2.16. The van der Waals surface area contributed by atoms with Gasteiger partial charge in [0.25, 0.3) is 0 Å². The molecule has 5 nitrogen and oxygen atoms in total. The van der Waals surface area contributed by atoms with Crippen molar-refractivity contribution >= 4 is 33.2 Å². The summed E-state index contributed by atoms with van der Waals surface area (Å²) in [5, 5.41) is 6.09. The van der Waals surface area contributed by atoms with E-state index in [1.165, 1.54) is 6.92 Å². The van der Waals surface area contributed by atoms with Gasteiger partial charge in [0, 0.05) is 34.9 Å². The minimum atomic E-state index is -0.0849. The first-order valence-corrected chi connectivity index (χ1v) is 8.43. The number of methoxy groups -OCH3 is 1. The predicted molar refractivity (Wildman–Crippen MR) is 99.9 cm³/mol. The van der Waals surface area contributed by atoms with Crippen LogP contribution in [0.5, 0.6) is 11.5 Å². The molecule has 2 rings (SSSR count). The summed E-state index contributed by atoms with van der Waals surface area (Å²) in [4.78, 5) is 11.0. The largest absolute Gasteiger partial charge is 0.493 e. The number of carbonyl (C=O) groups excluding carboxylic acids is 1. The fourth-order valence-corrected chi connectivity index (χ4v) is 2.77. The Morgan fingerprint density at radius 1 is 1.17 bits per heavy atom. The fraction of sp³-hybridized carbons (Fsp3) is 0.278. The quantitative estimate of drug-likeness (QED) is 0.731. The lowest BCUT2D eigenvalue weighted by atomic mass is 10.1. The molecule has 0 spiro atoms. The van der Waals surface area contributed by atoms with E-state index in [0.717, 1.165) is 27.2 Å². The van der Waals surface area contributed by atoms with Crippen molar-refractivity contribution in [3.05, 3.63) is 46.4 Å². The lowest BCUT2D eigenvalue weighted by Crippen LogP contribution is -2.06. The van der Waals surface area contributed by atoms with Gasteiger partial charge in [0.15, 0.2) is 11.5 Å². The maximum atomic E-state index is 11.0. The molecule has 0 saturated heterocycles. The normalized spacial score (nSPS) is 10.2. The molecule has 6 heteroatoms. The standard InChI is InChI=1S/C18H21BrN2O3/c1-4-24-18-13(9-14(19)10-17(18)23-3)11-20-15-5-7-16(8-6-15)21-12(2)22/h5-10,20H,4,11H2,1-3H3,(H,21,22). The van der Waals surface area contributed by atoms with Crippen LogP contribution < -0.4 is 20.1 Å². The topological polar surface area (TPSA) is 59.6 Å². The first-order valence-electron chi connectivity index (χ1n) is 7.64. The number of hydrogen-bond acceptors (Lipinski definition) is 4. The number of ether oxygens (including phenoxy) is 2. The molecule has 0 atom stereocenters. The third-order valence-corrected chi connectivity index (χ3v) is 3.75. The van der Waals surface area contributed by atoms with Crippen molar-refractivity contribution in [2.75, 3.05) is 24.4 Å². The van der Waals surface area contributed by atoms with E-state index in [-0.39, 0.29) is 5.91 Å². The van der Waals surface area contributed by atoms with E-state index in [4.69, 9.17) is 9.47 Å². The summed E-state index contributed by atoms with van der Waals surface area (Å²) in [6.07, 6.45) is 0. The van der Waals surface area contributed by atoms with Gasteiger partial charge in [-0.1, -0.05) is 15.9 Å². The number of rotatable bonds is 7. The second kappa shape index (κ2) is 8.59. The summed E-state index contributed by atoms with van der Waals surface area (Å²) in [5.74, 6) is 1.35. The Kier molecular flexibility index (Phi) is 6.49. The molecule has 0 fully saturated rings. The van der Waals surface area contributed by atoms with Crippen molar-refractivity contribution < 1.29 is 14.3 Å². The van der Waals surface area contributed by atoms with Crippen LogP contribution >= 0.6 is 15.9 Å². The highest BCUT2D eigenvalue weighted by Crippen LogP contribution is 2.35. The van der Waals surface area contributed by atoms with E-state index in [1.54, 1.807) is 7.11 Å². The van der Waals surface area contributed by atoms with Gasteiger partial charge in [-0.15, -0.1) is 0 Å². The molecule has 1 amide bonds. The van der Waals surface area contributed by atoms with Gasteiger partial charge < -0.3 is 20.1 Å². The Hall–Kier alpha value is -2.21. The van der Waals surface area contributed by atoms with Gasteiger partial charge >= 0.3 is 0 Å². The van der Waals surface area contributed by atoms with Crippen LogP contribution in [0.1, 0.15) is 19.4 Å². The highest BCUT2D eigenvalue weighted by Gasteiger charge is 2.12. The number of amides is 1. The summed E-state index contributed by atoms with van der Waals surface area (Å²) < 4.78 is 12.1. The van der Waals surface area contributed by atoms with Crippen molar-refractivity contribution in [3.63, 3.8) is 0 Å². The van der Waals surface area contributed by atoms with Gasteiger partial charge in [-0.2, -0.15) is 0 Å². The van der Waals surface area contributed by atoms with Gasteiger partial charge in [0.1, 0.15) is 0 Å². The zero-order valence-corrected chi connectivity index (χ0v) is 15.6. The summed E-state index contributed by atoms with van der Waals surface area (Å²) in [6, 6.07) is 11.4. The number of carbonyl (C=O) groups is 1. The molecular formula is C18H21BrN2O3. The van der Waals surface area contributed by atoms with Crippen LogP contribution in [0.3, 0.4) is 0 Å². The van der Waals surface area contributed by atoms with Gasteiger partial charge in [0.05, 0.1) is 13.7 Å². The number of anilines is 2. The molecular weight excluding hydrogens is 372 g/mol. The Bertz CT molecular complexity index is 702. The molecule has 0 radical (unpaired) electrons. The van der Waals surface area contributed by atoms with E-state index >= 15 is 0 Å². The average molecular weight is 393 g/mol. The van der Waals surface area contributed by atoms with Gasteiger partial charge in [0.2, 0.25) is 5.91 Å². The Balaban J connectivity index is 2.13. The molecule has 0 heterocycles. The molecule has 2 aromatic carbocycles. The second-order valence-electron chi connectivity index (χ2n) is 5.14. The number of hydrogen-bond donors (Lipinski definition) is 2. The van der Waals surface area contributed by atoms with Crippen LogP contribution in [0.2, 0.25) is 0 Å². The van der Waals surface area contributed by atoms with E-state index < -0.39 is 0 Å². The monoisotopic (exact) mass is 392 g/mol. The van der Waals surface area contributed by atoms with Crippen molar-refractivity contribution in [1.29, 1.82) is 0 Å². The summed E-state index contributed by atoms with van der Waals surface area (Å²) >= 11 is 3.49. The molecule has 24 heavy (non-hydrogen) atoms. The summed E-state index contributed by atoms with van der Waals surface area (Å²) in [7, 11) is 1.63. The minimum absolute atomic E-state index is 0.0849. The highest BCUT2D eigenvalue weighted by molar-refractivity contribution is 9.10. The number of nitrogens with one attached hydrogen (secondary N) is 2. The smallest absolute Gasteiger partial charge is 0.221 e. The molecule has 0 aliphatic heterocycles. The van der Waals surface area contributed by atoms with Crippen LogP contribution in [0.15, 0.2) is 40.9 Å². The predicted octanol–water partition coefficient (Wildman–Crippen LogP) is 4.43. The number of halogens is 1. The van der Waals surface area contributed by atoms with Crippen molar-refractivity contribution in [3.8, 4) is 11.5 Å². The van der Waals surface area contributed by atoms with Crippen molar-refractivity contribution in [1.82, 2.24) is 0 Å². The molecule has 0 saturated carbocycles. The van der Waals surface area contributed by atoms with E-state index in [0.29, 0.717) is 18.9 Å². The van der Waals surface area contributed by atoms with Crippen LogP contribution in [0.25, 0.3) is 0 Å². The Labute approximate surface area is 150 Å². The van der Waals surface area contributed by atoms with Crippen molar-refractivity contribution in [2.24, 2.45) is 0 Å². The maximum Gasteiger partial charge on any atom is 0.221 e. The lowest BCUT2D eigenvalue weighted by molar-refractivity contribution is -0.114. The SMILES string of the molecule is CCOc1c(CNc2ccc(NC(C)=O)cc2)cc(Br)cc1OC. The molecule has 0 aliphatic rings. The maximum absolute atomic E-state index is 11.0. The zero-order chi connectivity index (χ0) is 17.5. The van der Waals surface area contributed by atoms with Crippen LogP contribution in [-0.2, 0) is 11.3 Å². The molecule has 128 valence electrons. The van der Waals surface area contributed by atoms with E-state index in [2.05, 4.69) is 26.6 Å². The molecule has 2 N–H and O–H groups in total. The molecule has 0 aliphatic carbocycles. The zero-order valence-electron chi connectivity index (χ0n) is 14.0. The van der Waals surface area contributed by atoms with Gasteiger partial charge in [-0.3, -0.25) is 4.79 Å². The first kappa shape index (κ1) is 18.1. The molecule has 0 bridgehead atoms. The minimum Gasteiger partial charge on any atom is -0.493 e. The third-order valence-electron chi connectivity index (χ3n) is 3.29. The Morgan fingerprint density at radius 3 is 2.42 bits per heavy atom. The summed E-state index contributed by atoms with van der Waals surface area (Å²) in [6.45, 7) is 4.59. The van der Waals surface area contributed by atoms with Gasteiger partial charge in [-0.25, -0.2) is 0 Å². The molecule has 0 aromatic heterocycles. The number of benzene rings is 2. The van der Waals surface area contributed by atoms with Gasteiger partial charge in [-0.05, 0) is 43.3 Å². The molecule has 2 aromatic rings. The highest BCUT2D eigenvalue weighted by atomic mass is 79.9. The van der Waals surface area contributed by atoms with Crippen LogP contribution in [-0.4, -0.2) is 19.6 Å². The van der Waals surface area contributed by atoms with Crippen molar-refractivity contribution in [2.45, 2.75) is 20.4 Å². The Morgan fingerprint density at radius 2 is 1.83 bits per heavy atom. The molecule has 0 unspecified atom stereocenters. The van der Waals surface area contributed by atoms with E-state index in [1.807, 2.05) is 43.3 Å². The fourth-order valence-electron chi connectivity index (χ4n) is 2.29. The van der Waals surface area contributed by atoms with Crippen LogP contribution in [0.4, 0.5) is 11.4 Å². The first-order chi connectivity index (χ1) is 11.5. The summed E-state index contributed by atoms with van der Waals surface area (Å²) in [5.41, 5.74) is 2.71. The van der Waals surface area contributed by atoms with E-state index in [9.17, 15) is 4.79 Å². The second-order valence-corrected chi connectivity index (χ2v) is 6.06. The average Bonchev–Trinajstić information content (AvgIpc) is 2.55. The van der Waals surface area contributed by atoms with Crippen LogP contribution in [0, 0.1) is 0 Å². The third kappa shape index (κ3) is 4.89.